The fraction of sp³-hybridized carbons (Fsp3) is 0.455. The molecule has 160 valence electrons. The maximum absolute atomic E-state index is 13.6. The summed E-state index contributed by atoms with van der Waals surface area (Å²) in [6.45, 7) is 11.5. The van der Waals surface area contributed by atoms with Crippen molar-refractivity contribution in [3.63, 3.8) is 0 Å². The Bertz CT molecular complexity index is 942. The second-order valence-electron chi connectivity index (χ2n) is 9.16. The summed E-state index contributed by atoms with van der Waals surface area (Å²) >= 11 is 0. The van der Waals surface area contributed by atoms with Gasteiger partial charge in [-0.05, 0) is 30.7 Å². The third-order valence-corrected chi connectivity index (χ3v) is 7.58. The van der Waals surface area contributed by atoms with E-state index in [0.29, 0.717) is 12.4 Å². The van der Waals surface area contributed by atoms with Gasteiger partial charge in [-0.1, -0.05) is 38.7 Å². The van der Waals surface area contributed by atoms with E-state index in [-0.39, 0.29) is 24.2 Å². The number of aromatic nitrogens is 2. The van der Waals surface area contributed by atoms with Gasteiger partial charge >= 0.3 is 5.97 Å². The number of amides is 1. The van der Waals surface area contributed by atoms with Crippen molar-refractivity contribution in [3.8, 4) is 0 Å². The summed E-state index contributed by atoms with van der Waals surface area (Å²) in [5.74, 6) is -0.747. The van der Waals surface area contributed by atoms with Crippen LogP contribution in [-0.4, -0.2) is 48.4 Å². The number of pyridine rings is 2. The molecule has 0 fully saturated rings. The monoisotopic (exact) mass is 427 g/mol. The van der Waals surface area contributed by atoms with Crippen LogP contribution in [0, 0.1) is 0 Å². The highest BCUT2D eigenvalue weighted by molar-refractivity contribution is 6.76. The lowest BCUT2D eigenvalue weighted by Crippen LogP contribution is -2.42. The first-order valence-electron chi connectivity index (χ1n) is 10.1. The van der Waals surface area contributed by atoms with Crippen molar-refractivity contribution >= 4 is 25.8 Å². The van der Waals surface area contributed by atoms with E-state index in [1.165, 1.54) is 12.3 Å². The molecular formula is C22H29N3O4Si. The predicted molar refractivity (Wildman–Crippen MR) is 118 cm³/mol. The Balaban J connectivity index is 1.87. The summed E-state index contributed by atoms with van der Waals surface area (Å²) in [5, 5.41) is 9.09. The maximum Gasteiger partial charge on any atom is 0.354 e. The van der Waals surface area contributed by atoms with Crippen LogP contribution in [0.5, 0.6) is 0 Å². The van der Waals surface area contributed by atoms with Gasteiger partial charge in [0.1, 0.15) is 18.2 Å². The third kappa shape index (κ3) is 4.15. The van der Waals surface area contributed by atoms with Crippen LogP contribution in [0.15, 0.2) is 36.7 Å². The molecule has 0 spiro atoms. The number of carbonyl (C=O) groups excluding carboxylic acids is 1. The van der Waals surface area contributed by atoms with E-state index in [1.807, 2.05) is 26.0 Å². The Morgan fingerprint density at radius 3 is 2.60 bits per heavy atom. The zero-order valence-corrected chi connectivity index (χ0v) is 19.2. The molecule has 2 aromatic rings. The van der Waals surface area contributed by atoms with Gasteiger partial charge in [0.2, 0.25) is 5.91 Å². The molecule has 3 rings (SSSR count). The van der Waals surface area contributed by atoms with Crippen LogP contribution in [0.4, 0.5) is 5.82 Å². The molecule has 3 heterocycles. The summed E-state index contributed by atoms with van der Waals surface area (Å²) < 4.78 is 5.86. The van der Waals surface area contributed by atoms with Crippen molar-refractivity contribution in [2.45, 2.75) is 50.9 Å². The van der Waals surface area contributed by atoms with Gasteiger partial charge < -0.3 is 9.84 Å². The molecule has 0 saturated carbocycles. The summed E-state index contributed by atoms with van der Waals surface area (Å²) in [6, 6.07) is 7.98. The van der Waals surface area contributed by atoms with Crippen LogP contribution in [-0.2, 0) is 14.9 Å². The van der Waals surface area contributed by atoms with Gasteiger partial charge in [-0.15, -0.1) is 0 Å². The van der Waals surface area contributed by atoms with Crippen molar-refractivity contribution < 1.29 is 19.4 Å². The number of carboxylic acids is 1. The molecule has 2 atom stereocenters. The molecule has 30 heavy (non-hydrogen) atoms. The number of hydrogen-bond donors (Lipinski definition) is 1. The Kier molecular flexibility index (Phi) is 6.10. The molecule has 8 heteroatoms. The Labute approximate surface area is 178 Å². The molecule has 1 amide bonds. The molecule has 1 aliphatic heterocycles. The zero-order chi connectivity index (χ0) is 22.1. The fourth-order valence-corrected chi connectivity index (χ4v) is 4.46. The highest BCUT2D eigenvalue weighted by Crippen LogP contribution is 2.48. The molecule has 0 radical (unpaired) electrons. The van der Waals surface area contributed by atoms with Gasteiger partial charge in [-0.2, -0.15) is 0 Å². The molecule has 2 aromatic heterocycles. The summed E-state index contributed by atoms with van der Waals surface area (Å²) in [6.07, 6.45) is 3.22. The minimum Gasteiger partial charge on any atom is -0.477 e. The number of aromatic carboxylic acids is 1. The number of carboxylic acid groups (broad SMARTS) is 1. The largest absolute Gasteiger partial charge is 0.477 e. The van der Waals surface area contributed by atoms with E-state index < -0.39 is 19.5 Å². The van der Waals surface area contributed by atoms with Crippen LogP contribution in [0.25, 0.3) is 0 Å². The van der Waals surface area contributed by atoms with E-state index in [0.717, 1.165) is 17.2 Å². The van der Waals surface area contributed by atoms with Crippen LogP contribution in [0.2, 0.25) is 25.7 Å². The minimum absolute atomic E-state index is 0.0201. The molecule has 0 aromatic carbocycles. The SMILES string of the molecule is CC(c1ccc(C(=O)O)nc1)[C@@]1(C)C(=O)N(COCC[Si](C)(C)C)c2ncccc21. The van der Waals surface area contributed by atoms with Crippen LogP contribution in [0.3, 0.4) is 0 Å². The lowest BCUT2D eigenvalue weighted by molar-refractivity contribution is -0.124. The van der Waals surface area contributed by atoms with E-state index in [2.05, 4.69) is 29.6 Å². The summed E-state index contributed by atoms with van der Waals surface area (Å²) in [4.78, 5) is 34.8. The number of ether oxygens (including phenoxy) is 1. The van der Waals surface area contributed by atoms with Crippen molar-refractivity contribution in [2.24, 2.45) is 0 Å². The summed E-state index contributed by atoms with van der Waals surface area (Å²) in [5.41, 5.74) is 0.775. The van der Waals surface area contributed by atoms with Crippen molar-refractivity contribution in [1.29, 1.82) is 0 Å². The lowest BCUT2D eigenvalue weighted by atomic mass is 9.71. The first-order valence-corrected chi connectivity index (χ1v) is 13.8. The number of rotatable bonds is 8. The van der Waals surface area contributed by atoms with Gasteiger partial charge in [0.15, 0.2) is 0 Å². The lowest BCUT2D eigenvalue weighted by Gasteiger charge is -2.31. The van der Waals surface area contributed by atoms with Gasteiger partial charge in [0, 0.05) is 38.6 Å². The average Bonchev–Trinajstić information content (AvgIpc) is 2.92. The summed E-state index contributed by atoms with van der Waals surface area (Å²) in [7, 11) is -1.22. The first-order chi connectivity index (χ1) is 14.1. The molecule has 1 aliphatic rings. The minimum atomic E-state index is -1.22. The van der Waals surface area contributed by atoms with Crippen LogP contribution < -0.4 is 4.90 Å². The Morgan fingerprint density at radius 2 is 2.00 bits per heavy atom. The highest BCUT2D eigenvalue weighted by atomic mass is 28.3. The average molecular weight is 428 g/mol. The highest BCUT2D eigenvalue weighted by Gasteiger charge is 2.52. The number of anilines is 1. The van der Waals surface area contributed by atoms with Gasteiger partial charge in [-0.3, -0.25) is 9.69 Å². The number of hydrogen-bond acceptors (Lipinski definition) is 5. The van der Waals surface area contributed by atoms with Crippen LogP contribution >= 0.6 is 0 Å². The standard InChI is InChI=1S/C22H29N3O4Si/c1-15(16-8-9-18(20(26)27)24-13-16)22(2)17-7-6-10-23-19(17)25(21(22)28)14-29-11-12-30(3,4)5/h6-10,13,15H,11-12,14H2,1-5H3,(H,26,27)/t15?,22-/m1/s1. The number of carbonyl (C=O) groups is 2. The molecule has 7 nitrogen and oxygen atoms in total. The molecule has 1 N–H and O–H groups in total. The molecular weight excluding hydrogens is 398 g/mol. The normalized spacial score (nSPS) is 19.6. The van der Waals surface area contributed by atoms with E-state index in [9.17, 15) is 9.59 Å². The van der Waals surface area contributed by atoms with Gasteiger partial charge in [0.05, 0.1) is 5.41 Å². The van der Waals surface area contributed by atoms with Crippen molar-refractivity contribution in [3.05, 3.63) is 53.5 Å². The molecule has 0 saturated heterocycles. The molecule has 0 aliphatic carbocycles. The topological polar surface area (TPSA) is 92.6 Å². The van der Waals surface area contributed by atoms with E-state index in [1.54, 1.807) is 17.2 Å². The third-order valence-electron chi connectivity index (χ3n) is 5.88. The van der Waals surface area contributed by atoms with Crippen molar-refractivity contribution in [2.75, 3.05) is 18.2 Å². The smallest absolute Gasteiger partial charge is 0.354 e. The Morgan fingerprint density at radius 1 is 1.27 bits per heavy atom. The Hall–Kier alpha value is -2.58. The maximum atomic E-state index is 13.6. The van der Waals surface area contributed by atoms with Crippen LogP contribution in [0.1, 0.15) is 41.4 Å². The van der Waals surface area contributed by atoms with Gasteiger partial charge in [-0.25, -0.2) is 14.8 Å². The predicted octanol–water partition coefficient (Wildman–Crippen LogP) is 3.90. The molecule has 1 unspecified atom stereocenters. The zero-order valence-electron chi connectivity index (χ0n) is 18.2. The van der Waals surface area contributed by atoms with E-state index in [4.69, 9.17) is 9.84 Å². The quantitative estimate of drug-likeness (QED) is 0.507. The second-order valence-corrected chi connectivity index (χ2v) is 14.8. The fourth-order valence-electron chi connectivity index (χ4n) is 3.70. The molecule has 0 bridgehead atoms. The van der Waals surface area contributed by atoms with Gasteiger partial charge in [0.25, 0.3) is 0 Å². The second kappa shape index (κ2) is 8.27. The number of nitrogens with zero attached hydrogens (tertiary/aromatic N) is 3. The first kappa shape index (κ1) is 22.1. The van der Waals surface area contributed by atoms with Crippen molar-refractivity contribution in [1.82, 2.24) is 9.97 Å². The number of fused-ring (bicyclic) bond motifs is 1. The van der Waals surface area contributed by atoms with E-state index >= 15 is 0 Å².